The molecule has 0 atom stereocenters. The van der Waals surface area contributed by atoms with Crippen LogP contribution in [0.15, 0.2) is 48.5 Å². The van der Waals surface area contributed by atoms with Gasteiger partial charge in [-0.15, -0.1) is 0 Å². The van der Waals surface area contributed by atoms with Gasteiger partial charge in [-0.2, -0.15) is 0 Å². The first-order chi connectivity index (χ1) is 10.1. The molecule has 0 aromatic heterocycles. The molecule has 1 amide bonds. The summed E-state index contributed by atoms with van der Waals surface area (Å²) in [7, 11) is 0. The Hall–Kier alpha value is -2.36. The predicted octanol–water partition coefficient (Wildman–Crippen LogP) is 3.04. The molecule has 4 heteroatoms. The highest BCUT2D eigenvalue weighted by atomic mass is 19.1. The first kappa shape index (κ1) is 13.6. The van der Waals surface area contributed by atoms with E-state index in [0.717, 1.165) is 5.56 Å². The highest BCUT2D eigenvalue weighted by Gasteiger charge is 2.32. The fourth-order valence-corrected chi connectivity index (χ4v) is 2.37. The number of nitrogens with zero attached hydrogens (tertiary/aromatic N) is 1. The van der Waals surface area contributed by atoms with Crippen LogP contribution in [0.3, 0.4) is 0 Å². The highest BCUT2D eigenvalue weighted by Crippen LogP contribution is 2.23. The fraction of sp³-hybridized carbons (Fsp3) is 0.235. The van der Waals surface area contributed by atoms with Gasteiger partial charge >= 0.3 is 0 Å². The van der Waals surface area contributed by atoms with Crippen molar-refractivity contribution in [1.82, 2.24) is 4.90 Å². The third-order valence-corrected chi connectivity index (χ3v) is 3.59. The van der Waals surface area contributed by atoms with E-state index in [4.69, 9.17) is 4.74 Å². The lowest BCUT2D eigenvalue weighted by atomic mass is 10.1. The Labute approximate surface area is 123 Å². The number of amides is 1. The van der Waals surface area contributed by atoms with Crippen LogP contribution in [0, 0.1) is 12.7 Å². The summed E-state index contributed by atoms with van der Waals surface area (Å²) in [4.78, 5) is 13.9. The third-order valence-electron chi connectivity index (χ3n) is 3.59. The second-order valence-corrected chi connectivity index (χ2v) is 5.23. The number of likely N-dealkylation sites (tertiary alicyclic amines) is 1. The van der Waals surface area contributed by atoms with Crippen LogP contribution < -0.4 is 4.74 Å². The van der Waals surface area contributed by atoms with E-state index in [1.807, 2.05) is 25.1 Å². The van der Waals surface area contributed by atoms with Crippen LogP contribution in [-0.4, -0.2) is 30.0 Å². The lowest BCUT2D eigenvalue weighted by Crippen LogP contribution is -2.56. The van der Waals surface area contributed by atoms with Crippen LogP contribution in [0.5, 0.6) is 5.75 Å². The highest BCUT2D eigenvalue weighted by molar-refractivity contribution is 5.94. The van der Waals surface area contributed by atoms with Gasteiger partial charge in [0, 0.05) is 5.56 Å². The largest absolute Gasteiger partial charge is 0.486 e. The molecule has 0 unspecified atom stereocenters. The number of benzene rings is 2. The van der Waals surface area contributed by atoms with Crippen LogP contribution in [0.4, 0.5) is 4.39 Å². The third kappa shape index (κ3) is 2.89. The van der Waals surface area contributed by atoms with Gasteiger partial charge in [-0.25, -0.2) is 4.39 Å². The molecule has 0 spiro atoms. The van der Waals surface area contributed by atoms with Crippen molar-refractivity contribution in [3.63, 3.8) is 0 Å². The second kappa shape index (κ2) is 5.56. The number of rotatable bonds is 3. The molecule has 2 aromatic carbocycles. The molecular weight excluding hydrogens is 269 g/mol. The van der Waals surface area contributed by atoms with Gasteiger partial charge in [0.25, 0.3) is 5.91 Å². The van der Waals surface area contributed by atoms with Crippen LogP contribution in [0.1, 0.15) is 15.9 Å². The Morgan fingerprint density at radius 2 is 1.90 bits per heavy atom. The summed E-state index contributed by atoms with van der Waals surface area (Å²) >= 11 is 0. The lowest BCUT2D eigenvalue weighted by molar-refractivity contribution is 0.0175. The standard InChI is InChI=1S/C17H16FNO2/c1-12-9-14(18)7-8-16(12)21-15-10-19(11-15)17(20)13-5-3-2-4-6-13/h2-9,15H,10-11H2,1H3. The molecule has 0 radical (unpaired) electrons. The molecule has 1 heterocycles. The molecule has 1 fully saturated rings. The van der Waals surface area contributed by atoms with Crippen molar-refractivity contribution in [3.8, 4) is 5.75 Å². The summed E-state index contributed by atoms with van der Waals surface area (Å²) in [6.07, 6.45) is -0.0261. The molecular formula is C17H16FNO2. The summed E-state index contributed by atoms with van der Waals surface area (Å²) in [5.41, 5.74) is 1.46. The number of ether oxygens (including phenoxy) is 1. The van der Waals surface area contributed by atoms with Crippen molar-refractivity contribution >= 4 is 5.91 Å². The fourth-order valence-electron chi connectivity index (χ4n) is 2.37. The first-order valence-electron chi connectivity index (χ1n) is 6.90. The molecule has 1 aliphatic heterocycles. The second-order valence-electron chi connectivity index (χ2n) is 5.23. The number of hydrogen-bond acceptors (Lipinski definition) is 2. The molecule has 3 nitrogen and oxygen atoms in total. The van der Waals surface area contributed by atoms with Gasteiger partial charge in [-0.3, -0.25) is 4.79 Å². The maximum Gasteiger partial charge on any atom is 0.254 e. The van der Waals surface area contributed by atoms with Crippen molar-refractivity contribution in [2.75, 3.05) is 13.1 Å². The van der Waals surface area contributed by atoms with E-state index in [1.165, 1.54) is 12.1 Å². The van der Waals surface area contributed by atoms with E-state index in [2.05, 4.69) is 0 Å². The van der Waals surface area contributed by atoms with Crippen molar-refractivity contribution in [2.45, 2.75) is 13.0 Å². The molecule has 21 heavy (non-hydrogen) atoms. The molecule has 2 aromatic rings. The zero-order chi connectivity index (χ0) is 14.8. The summed E-state index contributed by atoms with van der Waals surface area (Å²) < 4.78 is 18.8. The van der Waals surface area contributed by atoms with E-state index in [-0.39, 0.29) is 17.8 Å². The van der Waals surface area contributed by atoms with Gasteiger partial charge in [-0.1, -0.05) is 18.2 Å². The van der Waals surface area contributed by atoms with Gasteiger partial charge in [0.05, 0.1) is 13.1 Å². The summed E-state index contributed by atoms with van der Waals surface area (Å²) in [5.74, 6) is 0.425. The number of halogens is 1. The van der Waals surface area contributed by atoms with Gasteiger partial charge in [-0.05, 0) is 42.8 Å². The van der Waals surface area contributed by atoms with Crippen LogP contribution in [-0.2, 0) is 0 Å². The van der Waals surface area contributed by atoms with E-state index < -0.39 is 0 Å². The minimum Gasteiger partial charge on any atom is -0.486 e. The Morgan fingerprint density at radius 1 is 1.19 bits per heavy atom. The van der Waals surface area contributed by atoms with Crippen LogP contribution in [0.25, 0.3) is 0 Å². The maximum absolute atomic E-state index is 13.0. The number of hydrogen-bond donors (Lipinski definition) is 0. The van der Waals surface area contributed by atoms with E-state index >= 15 is 0 Å². The quantitative estimate of drug-likeness (QED) is 0.867. The van der Waals surface area contributed by atoms with Crippen LogP contribution >= 0.6 is 0 Å². The monoisotopic (exact) mass is 285 g/mol. The normalized spacial score (nSPS) is 14.7. The van der Waals surface area contributed by atoms with Gasteiger partial charge in [0.15, 0.2) is 0 Å². The molecule has 0 bridgehead atoms. The molecule has 1 saturated heterocycles. The molecule has 108 valence electrons. The zero-order valence-electron chi connectivity index (χ0n) is 11.8. The Morgan fingerprint density at radius 3 is 2.57 bits per heavy atom. The SMILES string of the molecule is Cc1cc(F)ccc1OC1CN(C(=O)c2ccccc2)C1. The van der Waals surface area contributed by atoms with Crippen molar-refractivity contribution < 1.29 is 13.9 Å². The first-order valence-corrected chi connectivity index (χ1v) is 6.90. The van der Waals surface area contributed by atoms with Crippen molar-refractivity contribution in [2.24, 2.45) is 0 Å². The maximum atomic E-state index is 13.0. The van der Waals surface area contributed by atoms with Crippen molar-refractivity contribution in [1.29, 1.82) is 0 Å². The summed E-state index contributed by atoms with van der Waals surface area (Å²) in [5, 5.41) is 0. The molecule has 0 saturated carbocycles. The molecule has 0 N–H and O–H groups in total. The Balaban J connectivity index is 1.57. The van der Waals surface area contributed by atoms with E-state index in [1.54, 1.807) is 23.1 Å². The minimum atomic E-state index is -0.269. The molecule has 3 rings (SSSR count). The molecule has 0 aliphatic carbocycles. The topological polar surface area (TPSA) is 29.5 Å². The van der Waals surface area contributed by atoms with Gasteiger partial charge < -0.3 is 9.64 Å². The van der Waals surface area contributed by atoms with Gasteiger partial charge in [0.2, 0.25) is 0 Å². The lowest BCUT2D eigenvalue weighted by Gasteiger charge is -2.39. The Bertz CT molecular complexity index is 651. The van der Waals surface area contributed by atoms with Gasteiger partial charge in [0.1, 0.15) is 17.7 Å². The minimum absolute atomic E-state index is 0.0197. The zero-order valence-corrected chi connectivity index (χ0v) is 11.8. The number of carbonyl (C=O) groups is 1. The number of carbonyl (C=O) groups excluding carboxylic acids is 1. The Kier molecular flexibility index (Phi) is 3.60. The van der Waals surface area contributed by atoms with Crippen molar-refractivity contribution in [3.05, 3.63) is 65.5 Å². The average Bonchev–Trinajstić information content (AvgIpc) is 2.44. The molecule has 1 aliphatic rings. The average molecular weight is 285 g/mol. The van der Waals surface area contributed by atoms with Crippen LogP contribution in [0.2, 0.25) is 0 Å². The smallest absolute Gasteiger partial charge is 0.254 e. The number of aryl methyl sites for hydroxylation is 1. The summed E-state index contributed by atoms with van der Waals surface area (Å²) in [6.45, 7) is 2.93. The predicted molar refractivity (Wildman–Crippen MR) is 77.9 cm³/mol. The van der Waals surface area contributed by atoms with E-state index in [9.17, 15) is 9.18 Å². The summed E-state index contributed by atoms with van der Waals surface area (Å²) in [6, 6.07) is 13.7. The van der Waals surface area contributed by atoms with E-state index in [0.29, 0.717) is 24.4 Å².